The van der Waals surface area contributed by atoms with E-state index in [1.807, 2.05) is 0 Å². The molecule has 1 aliphatic carbocycles. The monoisotopic (exact) mass is 395 g/mol. The number of amides is 1. The maximum Gasteiger partial charge on any atom is 0.220 e. The number of carbonyl (C=O) groups is 1. The summed E-state index contributed by atoms with van der Waals surface area (Å²) in [4.78, 5) is 12.3. The minimum Gasteiger partial charge on any atom is -0.356 e. The van der Waals surface area contributed by atoms with Crippen molar-refractivity contribution in [2.45, 2.75) is 64.3 Å². The van der Waals surface area contributed by atoms with Gasteiger partial charge in [-0.2, -0.15) is 0 Å². The smallest absolute Gasteiger partial charge is 0.220 e. The Morgan fingerprint density at radius 2 is 1.93 bits per heavy atom. The van der Waals surface area contributed by atoms with Crippen molar-refractivity contribution in [1.29, 1.82) is 0 Å². The van der Waals surface area contributed by atoms with Crippen LogP contribution in [0.15, 0.2) is 34.9 Å². The number of carbonyl (C=O) groups excluding carboxylic acids is 1. The van der Waals surface area contributed by atoms with E-state index in [1.165, 1.54) is 5.56 Å². The Bertz CT molecular complexity index is 831. The summed E-state index contributed by atoms with van der Waals surface area (Å²) in [5.41, 5.74) is 3.47. The van der Waals surface area contributed by atoms with Crippen molar-refractivity contribution in [1.82, 2.24) is 15.8 Å². The number of rotatable bonds is 6. The molecule has 2 fully saturated rings. The average molecular weight is 396 g/mol. The van der Waals surface area contributed by atoms with Gasteiger partial charge in [-0.05, 0) is 61.6 Å². The van der Waals surface area contributed by atoms with Gasteiger partial charge in [-0.25, -0.2) is 0 Å². The molecule has 2 aliphatic rings. The Morgan fingerprint density at radius 3 is 2.62 bits per heavy atom. The second-order valence-electron chi connectivity index (χ2n) is 9.77. The van der Waals surface area contributed by atoms with Gasteiger partial charge in [0.1, 0.15) is 0 Å². The van der Waals surface area contributed by atoms with Gasteiger partial charge in [0.15, 0.2) is 5.76 Å². The van der Waals surface area contributed by atoms with Gasteiger partial charge in [0.25, 0.3) is 0 Å². The van der Waals surface area contributed by atoms with Gasteiger partial charge in [-0.3, -0.25) is 4.79 Å². The predicted molar refractivity (Wildman–Crippen MR) is 115 cm³/mol. The topological polar surface area (TPSA) is 67.2 Å². The van der Waals surface area contributed by atoms with Crippen LogP contribution in [0.5, 0.6) is 0 Å². The summed E-state index contributed by atoms with van der Waals surface area (Å²) >= 11 is 0. The van der Waals surface area contributed by atoms with E-state index in [-0.39, 0.29) is 11.3 Å². The molecule has 0 bridgehead atoms. The number of piperidine rings is 1. The molecule has 0 radical (unpaired) electrons. The SMILES string of the molecule is CC(C)(C)c1ccc(-c2cc(C[C@H]3CNCC[C@H]3CC(=O)NC3CC3)no2)cc1. The average Bonchev–Trinajstić information content (AvgIpc) is 3.37. The lowest BCUT2D eigenvalue weighted by atomic mass is 9.81. The van der Waals surface area contributed by atoms with Crippen LogP contribution < -0.4 is 10.6 Å². The van der Waals surface area contributed by atoms with Gasteiger partial charge in [-0.1, -0.05) is 50.2 Å². The first kappa shape index (κ1) is 20.1. The van der Waals surface area contributed by atoms with E-state index < -0.39 is 0 Å². The highest BCUT2D eigenvalue weighted by molar-refractivity contribution is 5.76. The van der Waals surface area contributed by atoms with Gasteiger partial charge in [0.2, 0.25) is 5.91 Å². The summed E-state index contributed by atoms with van der Waals surface area (Å²) in [6.07, 6.45) is 4.79. The molecule has 29 heavy (non-hydrogen) atoms. The van der Waals surface area contributed by atoms with Gasteiger partial charge < -0.3 is 15.2 Å². The summed E-state index contributed by atoms with van der Waals surface area (Å²) in [6, 6.07) is 11.0. The summed E-state index contributed by atoms with van der Waals surface area (Å²) < 4.78 is 5.65. The third-order valence-electron chi connectivity index (χ3n) is 6.22. The van der Waals surface area contributed by atoms with E-state index in [0.717, 1.165) is 55.8 Å². The zero-order valence-corrected chi connectivity index (χ0v) is 17.8. The van der Waals surface area contributed by atoms with Crippen molar-refractivity contribution in [3.63, 3.8) is 0 Å². The molecule has 1 aromatic carbocycles. The third-order valence-corrected chi connectivity index (χ3v) is 6.22. The summed E-state index contributed by atoms with van der Waals surface area (Å²) in [7, 11) is 0. The minimum atomic E-state index is 0.139. The molecule has 156 valence electrons. The first-order valence-corrected chi connectivity index (χ1v) is 10.9. The molecule has 0 spiro atoms. The quantitative estimate of drug-likeness (QED) is 0.773. The van der Waals surface area contributed by atoms with E-state index in [1.54, 1.807) is 0 Å². The highest BCUT2D eigenvalue weighted by Gasteiger charge is 2.30. The number of hydrogen-bond acceptors (Lipinski definition) is 4. The van der Waals surface area contributed by atoms with Crippen LogP contribution in [0.3, 0.4) is 0 Å². The predicted octanol–water partition coefficient (Wildman–Crippen LogP) is 4.08. The number of benzene rings is 1. The molecule has 1 aliphatic heterocycles. The fourth-order valence-electron chi connectivity index (χ4n) is 4.18. The van der Waals surface area contributed by atoms with Crippen molar-refractivity contribution < 1.29 is 9.32 Å². The minimum absolute atomic E-state index is 0.139. The zero-order valence-electron chi connectivity index (χ0n) is 17.8. The lowest BCUT2D eigenvalue weighted by Crippen LogP contribution is -2.40. The second kappa shape index (κ2) is 8.31. The Balaban J connectivity index is 1.39. The van der Waals surface area contributed by atoms with Crippen LogP contribution in [0.4, 0.5) is 0 Å². The fourth-order valence-corrected chi connectivity index (χ4v) is 4.18. The van der Waals surface area contributed by atoms with Crippen molar-refractivity contribution in [3.8, 4) is 11.3 Å². The van der Waals surface area contributed by atoms with Gasteiger partial charge >= 0.3 is 0 Å². The Hall–Kier alpha value is -2.14. The molecule has 1 saturated heterocycles. The Morgan fingerprint density at radius 1 is 1.17 bits per heavy atom. The molecule has 1 saturated carbocycles. The number of aromatic nitrogens is 1. The molecular formula is C24H33N3O2. The molecule has 5 nitrogen and oxygen atoms in total. The number of nitrogens with one attached hydrogen (secondary N) is 2. The summed E-state index contributed by atoms with van der Waals surface area (Å²) in [5, 5.41) is 10.9. The van der Waals surface area contributed by atoms with Crippen LogP contribution in [0, 0.1) is 11.8 Å². The van der Waals surface area contributed by atoms with E-state index in [2.05, 4.69) is 66.9 Å². The highest BCUT2D eigenvalue weighted by atomic mass is 16.5. The second-order valence-corrected chi connectivity index (χ2v) is 9.77. The molecule has 1 amide bonds. The van der Waals surface area contributed by atoms with E-state index >= 15 is 0 Å². The maximum atomic E-state index is 12.3. The van der Waals surface area contributed by atoms with E-state index in [9.17, 15) is 4.79 Å². The Labute approximate surface area is 173 Å². The largest absolute Gasteiger partial charge is 0.356 e. The first-order valence-electron chi connectivity index (χ1n) is 10.9. The molecule has 5 heteroatoms. The molecule has 2 atom stereocenters. The molecule has 0 unspecified atom stereocenters. The van der Waals surface area contributed by atoms with Gasteiger partial charge in [0.05, 0.1) is 5.69 Å². The van der Waals surface area contributed by atoms with Crippen molar-refractivity contribution >= 4 is 5.91 Å². The van der Waals surface area contributed by atoms with Crippen LogP contribution in [0.25, 0.3) is 11.3 Å². The van der Waals surface area contributed by atoms with Crippen molar-refractivity contribution in [2.24, 2.45) is 11.8 Å². The third kappa shape index (κ3) is 5.27. The number of nitrogens with zero attached hydrogens (tertiary/aromatic N) is 1. The molecule has 2 heterocycles. The van der Waals surface area contributed by atoms with Gasteiger partial charge in [-0.15, -0.1) is 0 Å². The van der Waals surface area contributed by atoms with E-state index in [4.69, 9.17) is 4.52 Å². The lowest BCUT2D eigenvalue weighted by Gasteiger charge is -2.31. The molecule has 2 aromatic rings. The van der Waals surface area contributed by atoms with Crippen LogP contribution >= 0.6 is 0 Å². The van der Waals surface area contributed by atoms with Crippen LogP contribution in [-0.2, 0) is 16.6 Å². The highest BCUT2D eigenvalue weighted by Crippen LogP contribution is 2.30. The molecule has 4 rings (SSSR count). The van der Waals surface area contributed by atoms with Crippen molar-refractivity contribution in [2.75, 3.05) is 13.1 Å². The van der Waals surface area contributed by atoms with E-state index in [0.29, 0.717) is 24.3 Å². The Kier molecular flexibility index (Phi) is 5.77. The van der Waals surface area contributed by atoms with Crippen LogP contribution in [0.2, 0.25) is 0 Å². The molecule has 2 N–H and O–H groups in total. The first-order chi connectivity index (χ1) is 13.9. The lowest BCUT2D eigenvalue weighted by molar-refractivity contribution is -0.122. The molecular weight excluding hydrogens is 362 g/mol. The standard InChI is InChI=1S/C24H33N3O2/c1-24(2,3)19-6-4-16(5-7-19)22-14-21(27-29-22)12-18-15-25-11-10-17(18)13-23(28)26-20-8-9-20/h4-7,14,17-18,20,25H,8-13,15H2,1-3H3,(H,26,28)/t17-,18-/m0/s1. The van der Waals surface area contributed by atoms with Crippen LogP contribution in [-0.4, -0.2) is 30.2 Å². The van der Waals surface area contributed by atoms with Gasteiger partial charge in [0, 0.05) is 24.1 Å². The fraction of sp³-hybridized carbons (Fsp3) is 0.583. The summed E-state index contributed by atoms with van der Waals surface area (Å²) in [6.45, 7) is 8.57. The zero-order chi connectivity index (χ0) is 20.4. The maximum absolute atomic E-state index is 12.3. The molecule has 1 aromatic heterocycles. The normalized spacial score (nSPS) is 22.4. The van der Waals surface area contributed by atoms with Crippen LogP contribution in [0.1, 0.15) is 57.7 Å². The summed E-state index contributed by atoms with van der Waals surface area (Å²) in [5.74, 6) is 1.84. The number of hydrogen-bond donors (Lipinski definition) is 2. The van der Waals surface area contributed by atoms with Crippen molar-refractivity contribution in [3.05, 3.63) is 41.6 Å².